The van der Waals surface area contributed by atoms with Crippen LogP contribution in [0.5, 0.6) is 0 Å². The van der Waals surface area contributed by atoms with E-state index in [1.807, 2.05) is 0 Å². The van der Waals surface area contributed by atoms with Crippen molar-refractivity contribution >= 4 is 0 Å². The van der Waals surface area contributed by atoms with E-state index < -0.39 is 0 Å². The number of ether oxygens (including phenoxy) is 2. The summed E-state index contributed by atoms with van der Waals surface area (Å²) in [6, 6.07) is 0. The summed E-state index contributed by atoms with van der Waals surface area (Å²) < 4.78 is 10.9. The number of hydrogen-bond acceptors (Lipinski definition) is 2. The van der Waals surface area contributed by atoms with Gasteiger partial charge in [0.15, 0.2) is 0 Å². The van der Waals surface area contributed by atoms with Gasteiger partial charge < -0.3 is 9.47 Å². The van der Waals surface area contributed by atoms with Crippen molar-refractivity contribution in [2.24, 2.45) is 0 Å². The minimum atomic E-state index is 0.300. The number of rotatable bonds is 0. The molecule has 0 amide bonds. The molecule has 0 aromatic heterocycles. The Labute approximate surface area is 60.5 Å². The first-order chi connectivity index (χ1) is 4.83. The summed E-state index contributed by atoms with van der Waals surface area (Å²) >= 11 is 0. The van der Waals surface area contributed by atoms with Crippen molar-refractivity contribution in [3.63, 3.8) is 0 Å². The highest BCUT2D eigenvalue weighted by Crippen LogP contribution is 2.52. The predicted octanol–water partition coefficient (Wildman–Crippen LogP) is 1.10. The summed E-state index contributed by atoms with van der Waals surface area (Å²) in [6.45, 7) is 2.00. The summed E-state index contributed by atoms with van der Waals surface area (Å²) in [7, 11) is 0. The summed E-state index contributed by atoms with van der Waals surface area (Å²) in [6.07, 6.45) is 5.04. The molecule has 3 rings (SSSR count). The Balaban J connectivity index is 1.80. The SMILES string of the molecule is C1CC2(CO2)CC2(C1)CO2. The van der Waals surface area contributed by atoms with Gasteiger partial charge >= 0.3 is 0 Å². The van der Waals surface area contributed by atoms with Gasteiger partial charge in [-0.3, -0.25) is 0 Å². The average molecular weight is 140 g/mol. The first kappa shape index (κ1) is 5.56. The third kappa shape index (κ3) is 0.663. The zero-order chi connectivity index (χ0) is 6.66. The topological polar surface area (TPSA) is 25.1 Å². The zero-order valence-corrected chi connectivity index (χ0v) is 6.06. The molecule has 2 heterocycles. The normalized spacial score (nSPS) is 57.6. The first-order valence-corrected chi connectivity index (χ1v) is 4.11. The van der Waals surface area contributed by atoms with Gasteiger partial charge in [-0.25, -0.2) is 0 Å². The standard InChI is InChI=1S/C8H12O2/c1-2-7(5-9-7)4-8(3-1)6-10-8/h1-6H2. The van der Waals surface area contributed by atoms with Gasteiger partial charge in [-0.05, 0) is 19.3 Å². The largest absolute Gasteiger partial charge is 0.369 e. The Hall–Kier alpha value is -0.0800. The lowest BCUT2D eigenvalue weighted by molar-refractivity contribution is 0.149. The van der Waals surface area contributed by atoms with Crippen LogP contribution in [0.1, 0.15) is 25.7 Å². The molecule has 2 aliphatic heterocycles. The second kappa shape index (κ2) is 1.41. The molecule has 2 nitrogen and oxygen atoms in total. The van der Waals surface area contributed by atoms with Gasteiger partial charge in [0, 0.05) is 6.42 Å². The molecule has 2 heteroatoms. The molecule has 10 heavy (non-hydrogen) atoms. The van der Waals surface area contributed by atoms with Crippen molar-refractivity contribution < 1.29 is 9.47 Å². The van der Waals surface area contributed by atoms with E-state index >= 15 is 0 Å². The second-order valence-electron chi connectivity index (χ2n) is 3.97. The summed E-state index contributed by atoms with van der Waals surface area (Å²) in [5, 5.41) is 0. The van der Waals surface area contributed by atoms with Crippen LogP contribution >= 0.6 is 0 Å². The molecule has 2 spiro atoms. The molecule has 2 saturated heterocycles. The molecule has 1 saturated carbocycles. The van der Waals surface area contributed by atoms with E-state index in [2.05, 4.69) is 0 Å². The molecule has 0 radical (unpaired) electrons. The lowest BCUT2D eigenvalue weighted by Gasteiger charge is -2.23. The minimum absolute atomic E-state index is 0.300. The van der Waals surface area contributed by atoms with Crippen molar-refractivity contribution in [2.45, 2.75) is 36.9 Å². The van der Waals surface area contributed by atoms with Crippen molar-refractivity contribution in [1.29, 1.82) is 0 Å². The second-order valence-corrected chi connectivity index (χ2v) is 3.97. The maximum Gasteiger partial charge on any atom is 0.0944 e. The number of hydrogen-bond donors (Lipinski definition) is 0. The van der Waals surface area contributed by atoms with Gasteiger partial charge in [0.1, 0.15) is 0 Å². The molecule has 3 fully saturated rings. The Morgan fingerprint density at radius 1 is 0.900 bits per heavy atom. The zero-order valence-electron chi connectivity index (χ0n) is 6.06. The van der Waals surface area contributed by atoms with E-state index in [1.165, 1.54) is 25.7 Å². The molecule has 2 unspecified atom stereocenters. The van der Waals surface area contributed by atoms with Crippen LogP contribution in [0.2, 0.25) is 0 Å². The predicted molar refractivity (Wildman–Crippen MR) is 35.8 cm³/mol. The monoisotopic (exact) mass is 140 g/mol. The van der Waals surface area contributed by atoms with Crippen molar-refractivity contribution in [1.82, 2.24) is 0 Å². The van der Waals surface area contributed by atoms with Gasteiger partial charge in [0.2, 0.25) is 0 Å². The van der Waals surface area contributed by atoms with E-state index in [-0.39, 0.29) is 0 Å². The Bertz CT molecular complexity index is 150. The molecule has 0 aromatic rings. The molecule has 0 N–H and O–H groups in total. The maximum atomic E-state index is 5.43. The molecule has 1 aliphatic carbocycles. The van der Waals surface area contributed by atoms with Crippen LogP contribution in [0, 0.1) is 0 Å². The van der Waals surface area contributed by atoms with Gasteiger partial charge in [-0.2, -0.15) is 0 Å². The first-order valence-electron chi connectivity index (χ1n) is 4.11. The number of epoxide rings is 2. The van der Waals surface area contributed by atoms with E-state index in [1.54, 1.807) is 0 Å². The van der Waals surface area contributed by atoms with Gasteiger partial charge in [-0.1, -0.05) is 0 Å². The fraction of sp³-hybridized carbons (Fsp3) is 1.00. The molecular formula is C8H12O2. The van der Waals surface area contributed by atoms with Crippen LogP contribution in [0.3, 0.4) is 0 Å². The summed E-state index contributed by atoms with van der Waals surface area (Å²) in [4.78, 5) is 0. The van der Waals surface area contributed by atoms with Gasteiger partial charge in [0.25, 0.3) is 0 Å². The maximum absolute atomic E-state index is 5.43. The smallest absolute Gasteiger partial charge is 0.0944 e. The van der Waals surface area contributed by atoms with Crippen LogP contribution in [0.15, 0.2) is 0 Å². The van der Waals surface area contributed by atoms with Crippen LogP contribution in [-0.2, 0) is 9.47 Å². The average Bonchev–Trinajstić information content (AvgIpc) is 2.78. The van der Waals surface area contributed by atoms with E-state index in [0.29, 0.717) is 11.2 Å². The van der Waals surface area contributed by atoms with E-state index in [4.69, 9.17) is 9.47 Å². The highest BCUT2D eigenvalue weighted by molar-refractivity contribution is 5.08. The summed E-state index contributed by atoms with van der Waals surface area (Å²) in [5.41, 5.74) is 0.601. The van der Waals surface area contributed by atoms with Crippen LogP contribution in [0.4, 0.5) is 0 Å². The van der Waals surface area contributed by atoms with Crippen molar-refractivity contribution in [3.8, 4) is 0 Å². The molecule has 0 bridgehead atoms. The fourth-order valence-electron chi connectivity index (χ4n) is 2.19. The molecule has 3 aliphatic rings. The molecular weight excluding hydrogens is 128 g/mol. The van der Waals surface area contributed by atoms with Gasteiger partial charge in [-0.15, -0.1) is 0 Å². The van der Waals surface area contributed by atoms with Crippen molar-refractivity contribution in [3.05, 3.63) is 0 Å². The van der Waals surface area contributed by atoms with Crippen molar-refractivity contribution in [2.75, 3.05) is 13.2 Å². The lowest BCUT2D eigenvalue weighted by Crippen LogP contribution is -2.28. The minimum Gasteiger partial charge on any atom is -0.369 e. The Morgan fingerprint density at radius 2 is 1.40 bits per heavy atom. The third-order valence-corrected chi connectivity index (χ3v) is 3.01. The quantitative estimate of drug-likeness (QED) is 0.471. The van der Waals surface area contributed by atoms with Crippen LogP contribution in [0.25, 0.3) is 0 Å². The third-order valence-electron chi connectivity index (χ3n) is 3.01. The Kier molecular flexibility index (Phi) is 0.783. The van der Waals surface area contributed by atoms with E-state index in [9.17, 15) is 0 Å². The van der Waals surface area contributed by atoms with E-state index in [0.717, 1.165) is 13.2 Å². The van der Waals surface area contributed by atoms with Gasteiger partial charge in [0.05, 0.1) is 24.4 Å². The van der Waals surface area contributed by atoms with Crippen LogP contribution in [-0.4, -0.2) is 24.4 Å². The molecule has 56 valence electrons. The molecule has 2 atom stereocenters. The highest BCUT2D eigenvalue weighted by atomic mass is 16.6. The Morgan fingerprint density at radius 3 is 1.80 bits per heavy atom. The summed E-state index contributed by atoms with van der Waals surface area (Å²) in [5.74, 6) is 0. The molecule has 0 aromatic carbocycles. The highest BCUT2D eigenvalue weighted by Gasteiger charge is 2.59. The lowest BCUT2D eigenvalue weighted by atomic mass is 9.82. The van der Waals surface area contributed by atoms with Crippen LogP contribution < -0.4 is 0 Å². The fourth-order valence-corrected chi connectivity index (χ4v) is 2.19.